The van der Waals surface area contributed by atoms with Crippen molar-refractivity contribution in [2.24, 2.45) is 0 Å². The van der Waals surface area contributed by atoms with Crippen LogP contribution in [0.1, 0.15) is 18.5 Å². The number of halogens is 3. The van der Waals surface area contributed by atoms with Crippen LogP contribution in [-0.4, -0.2) is 37.1 Å². The summed E-state index contributed by atoms with van der Waals surface area (Å²) < 4.78 is 42.9. The number of hydrogen-bond acceptors (Lipinski definition) is 3. The predicted molar refractivity (Wildman–Crippen MR) is 103 cm³/mol. The van der Waals surface area contributed by atoms with Gasteiger partial charge in [0.05, 0.1) is 30.9 Å². The molecular weight excluding hydrogens is 381 g/mol. The molecule has 3 aromatic heterocycles. The van der Waals surface area contributed by atoms with Crippen LogP contribution >= 0.6 is 0 Å². The van der Waals surface area contributed by atoms with Gasteiger partial charge in [-0.05, 0) is 36.4 Å². The Morgan fingerprint density at radius 2 is 1.76 bits per heavy atom. The highest BCUT2D eigenvalue weighted by Crippen LogP contribution is 2.32. The second kappa shape index (κ2) is 7.71. The molecule has 0 aliphatic heterocycles. The molecule has 5 nitrogen and oxygen atoms in total. The fourth-order valence-electron chi connectivity index (χ4n) is 3.39. The van der Waals surface area contributed by atoms with Gasteiger partial charge in [0.15, 0.2) is 0 Å². The molecule has 0 radical (unpaired) electrons. The predicted octanol–water partition coefficient (Wildman–Crippen LogP) is 4.36. The maximum Gasteiger partial charge on any atom is 0.256 e. The van der Waals surface area contributed by atoms with Crippen molar-refractivity contribution >= 4 is 5.65 Å². The lowest BCUT2D eigenvalue weighted by Gasteiger charge is -2.13. The van der Waals surface area contributed by atoms with Gasteiger partial charge in [-0.3, -0.25) is 0 Å². The fraction of sp³-hybridized carbons (Fsp3) is 0.238. The van der Waals surface area contributed by atoms with E-state index in [1.807, 2.05) is 11.3 Å². The number of alkyl halides is 2. The summed E-state index contributed by atoms with van der Waals surface area (Å²) in [6.45, 7) is 1.33. The zero-order valence-corrected chi connectivity index (χ0v) is 15.6. The molecule has 1 aromatic carbocycles. The number of pyridine rings is 1. The third kappa shape index (κ3) is 3.63. The summed E-state index contributed by atoms with van der Waals surface area (Å²) in [5.41, 5.74) is 3.79. The summed E-state index contributed by atoms with van der Waals surface area (Å²) in [4.78, 5) is 8.67. The van der Waals surface area contributed by atoms with E-state index in [1.165, 1.54) is 23.0 Å². The van der Waals surface area contributed by atoms with Crippen molar-refractivity contribution in [3.63, 3.8) is 0 Å². The van der Waals surface area contributed by atoms with Gasteiger partial charge in [-0.15, -0.1) is 0 Å². The average Bonchev–Trinajstić information content (AvgIpc) is 3.31. The van der Waals surface area contributed by atoms with Gasteiger partial charge in [0, 0.05) is 35.1 Å². The zero-order valence-electron chi connectivity index (χ0n) is 15.6. The Balaban J connectivity index is 1.90. The zero-order chi connectivity index (χ0) is 20.5. The summed E-state index contributed by atoms with van der Waals surface area (Å²) >= 11 is 0. The second-order valence-electron chi connectivity index (χ2n) is 6.90. The van der Waals surface area contributed by atoms with Gasteiger partial charge in [0.1, 0.15) is 11.5 Å². The van der Waals surface area contributed by atoms with Gasteiger partial charge in [-0.1, -0.05) is 6.92 Å². The molecule has 0 aliphatic rings. The quantitative estimate of drug-likeness (QED) is 0.523. The molecule has 0 saturated carbocycles. The maximum absolute atomic E-state index is 13.3. The van der Waals surface area contributed by atoms with Crippen LogP contribution in [0, 0.1) is 5.82 Å². The number of nitrogens with zero attached hydrogens (tertiary/aromatic N) is 4. The van der Waals surface area contributed by atoms with Crippen molar-refractivity contribution in [2.45, 2.75) is 25.8 Å². The normalized spacial score (nSPS) is 12.8. The molecule has 29 heavy (non-hydrogen) atoms. The first-order chi connectivity index (χ1) is 14.0. The Morgan fingerprint density at radius 3 is 2.45 bits per heavy atom. The van der Waals surface area contributed by atoms with Crippen LogP contribution in [0.15, 0.2) is 55.1 Å². The van der Waals surface area contributed by atoms with Gasteiger partial charge < -0.3 is 14.1 Å². The minimum Gasteiger partial charge on any atom is -0.396 e. The topological polar surface area (TPSA) is 55.4 Å². The van der Waals surface area contributed by atoms with Crippen molar-refractivity contribution in [2.75, 3.05) is 6.61 Å². The van der Waals surface area contributed by atoms with Gasteiger partial charge in [0.25, 0.3) is 6.43 Å². The van der Waals surface area contributed by atoms with Crippen molar-refractivity contribution in [1.29, 1.82) is 0 Å². The largest absolute Gasteiger partial charge is 0.396 e. The summed E-state index contributed by atoms with van der Waals surface area (Å²) in [5.74, 6) is -0.521. The van der Waals surface area contributed by atoms with E-state index in [2.05, 4.69) is 9.97 Å². The molecule has 4 rings (SSSR count). The molecule has 8 heteroatoms. The Bertz CT molecular complexity index is 1130. The monoisotopic (exact) mass is 400 g/mol. The summed E-state index contributed by atoms with van der Waals surface area (Å²) in [6, 6.07) is 9.35. The highest BCUT2D eigenvalue weighted by molar-refractivity contribution is 5.79. The lowest BCUT2D eigenvalue weighted by molar-refractivity contribution is 0.127. The van der Waals surface area contributed by atoms with E-state index >= 15 is 0 Å². The molecule has 0 spiro atoms. The van der Waals surface area contributed by atoms with Gasteiger partial charge in [-0.2, -0.15) is 0 Å². The smallest absolute Gasteiger partial charge is 0.256 e. The molecular formula is C21H19F3N4O. The molecule has 3 heterocycles. The third-order valence-corrected chi connectivity index (χ3v) is 4.88. The Labute approximate surface area is 165 Å². The molecule has 150 valence electrons. The van der Waals surface area contributed by atoms with Crippen molar-refractivity contribution in [3.05, 3.63) is 66.6 Å². The third-order valence-electron chi connectivity index (χ3n) is 4.88. The maximum atomic E-state index is 13.3. The molecule has 0 fully saturated rings. The number of hydrogen-bond donors (Lipinski definition) is 1. The van der Waals surface area contributed by atoms with E-state index in [0.29, 0.717) is 28.2 Å². The van der Waals surface area contributed by atoms with Gasteiger partial charge >= 0.3 is 0 Å². The van der Waals surface area contributed by atoms with Crippen LogP contribution < -0.4 is 0 Å². The summed E-state index contributed by atoms with van der Waals surface area (Å²) in [7, 11) is 0. The van der Waals surface area contributed by atoms with E-state index in [-0.39, 0.29) is 18.3 Å². The highest BCUT2D eigenvalue weighted by Gasteiger charge is 2.19. The van der Waals surface area contributed by atoms with Crippen LogP contribution in [0.2, 0.25) is 0 Å². The number of imidazole rings is 2. The van der Waals surface area contributed by atoms with Gasteiger partial charge in [-0.25, -0.2) is 23.1 Å². The Kier molecular flexibility index (Phi) is 5.10. The lowest BCUT2D eigenvalue weighted by Crippen LogP contribution is -2.08. The van der Waals surface area contributed by atoms with Crippen LogP contribution in [0.3, 0.4) is 0 Å². The SMILES string of the molecule is CC(CO)c1cnc2ccc(-c3c(-c4ccc(F)cc4)ncn3CC(F)F)cn12. The van der Waals surface area contributed by atoms with E-state index < -0.39 is 13.0 Å². The summed E-state index contributed by atoms with van der Waals surface area (Å²) in [6.07, 6.45) is 2.31. The van der Waals surface area contributed by atoms with E-state index in [9.17, 15) is 18.3 Å². The van der Waals surface area contributed by atoms with E-state index in [0.717, 1.165) is 5.69 Å². The first-order valence-electron chi connectivity index (χ1n) is 9.15. The minimum absolute atomic E-state index is 0.0395. The van der Waals surface area contributed by atoms with Crippen molar-refractivity contribution in [1.82, 2.24) is 18.9 Å². The first kappa shape index (κ1) is 19.2. The molecule has 1 atom stereocenters. The molecule has 0 saturated heterocycles. The van der Waals surface area contributed by atoms with Crippen LogP contribution in [0.5, 0.6) is 0 Å². The molecule has 0 bridgehead atoms. The highest BCUT2D eigenvalue weighted by atomic mass is 19.3. The van der Waals surface area contributed by atoms with Crippen LogP contribution in [-0.2, 0) is 6.54 Å². The Hall–Kier alpha value is -3.13. The van der Waals surface area contributed by atoms with Crippen molar-refractivity contribution < 1.29 is 18.3 Å². The number of aliphatic hydroxyl groups excluding tert-OH is 1. The lowest BCUT2D eigenvalue weighted by atomic mass is 10.1. The van der Waals surface area contributed by atoms with Crippen LogP contribution in [0.25, 0.3) is 28.2 Å². The Morgan fingerprint density at radius 1 is 1.03 bits per heavy atom. The number of aliphatic hydroxyl groups is 1. The molecule has 1 N–H and O–H groups in total. The van der Waals surface area contributed by atoms with Gasteiger partial charge in [0.2, 0.25) is 0 Å². The summed E-state index contributed by atoms with van der Waals surface area (Å²) in [5, 5.41) is 9.51. The van der Waals surface area contributed by atoms with Crippen LogP contribution in [0.4, 0.5) is 13.2 Å². The molecule has 0 amide bonds. The molecule has 4 aromatic rings. The average molecular weight is 400 g/mol. The molecule has 1 unspecified atom stereocenters. The number of fused-ring (bicyclic) bond motifs is 1. The molecule has 0 aliphatic carbocycles. The van der Waals surface area contributed by atoms with Crippen molar-refractivity contribution in [3.8, 4) is 22.5 Å². The fourth-order valence-corrected chi connectivity index (χ4v) is 3.39. The number of benzene rings is 1. The van der Waals surface area contributed by atoms with E-state index in [1.54, 1.807) is 36.7 Å². The number of aromatic nitrogens is 4. The number of rotatable bonds is 6. The first-order valence-corrected chi connectivity index (χ1v) is 9.15. The second-order valence-corrected chi connectivity index (χ2v) is 6.90. The standard InChI is InChI=1S/C21H19F3N4O/c1-13(11-29)17-8-25-19-7-4-15(9-28(17)19)21-20(14-2-5-16(22)6-3-14)26-12-27(21)10-18(23)24/h2-9,12-13,18,29H,10-11H2,1H3. The van der Waals surface area contributed by atoms with E-state index in [4.69, 9.17) is 0 Å². The minimum atomic E-state index is -2.55.